The van der Waals surface area contributed by atoms with Crippen molar-refractivity contribution >= 4 is 40.9 Å². The number of tetrazole rings is 1. The number of benzene rings is 1. The minimum absolute atomic E-state index is 0.0458. The van der Waals surface area contributed by atoms with E-state index in [1.54, 1.807) is 32.0 Å². The summed E-state index contributed by atoms with van der Waals surface area (Å²) in [5.41, 5.74) is 6.91. The van der Waals surface area contributed by atoms with Gasteiger partial charge in [-0.3, -0.25) is 9.79 Å². The molecule has 3 rings (SSSR count). The van der Waals surface area contributed by atoms with Crippen LogP contribution in [0.25, 0.3) is 0 Å². The van der Waals surface area contributed by atoms with E-state index in [1.165, 1.54) is 11.8 Å². The number of hydrogen-bond acceptors (Lipinski definition) is 10. The number of rotatable bonds is 10. The van der Waals surface area contributed by atoms with Gasteiger partial charge in [0.25, 0.3) is 0 Å². The maximum atomic E-state index is 13.2. The molecule has 2 aromatic rings. The number of hydrogen-bond donors (Lipinski definition) is 1. The number of nitrogens with two attached hydrogens (primary N) is 1. The molecule has 1 aromatic carbocycles. The highest BCUT2D eigenvalue weighted by Crippen LogP contribution is 2.44. The molecular weight excluding hydrogens is 499 g/mol. The molecule has 2 atom stereocenters. The first-order valence-electron chi connectivity index (χ1n) is 10.8. The quantitative estimate of drug-likeness (QED) is 0.462. The van der Waals surface area contributed by atoms with E-state index in [4.69, 9.17) is 43.1 Å². The van der Waals surface area contributed by atoms with Crippen molar-refractivity contribution in [1.82, 2.24) is 20.2 Å². The molecule has 0 aliphatic carbocycles. The van der Waals surface area contributed by atoms with Crippen LogP contribution >= 0.6 is 23.2 Å². The number of carbonyl (C=O) groups is 2. The summed E-state index contributed by atoms with van der Waals surface area (Å²) in [5, 5.41) is 11.9. The number of halogens is 2. The first kappa shape index (κ1) is 26.7. The summed E-state index contributed by atoms with van der Waals surface area (Å²) in [4.78, 5) is 30.6. The zero-order valence-electron chi connectivity index (χ0n) is 19.5. The highest BCUT2D eigenvalue weighted by Gasteiger charge is 2.44. The Labute approximate surface area is 212 Å². The van der Waals surface area contributed by atoms with E-state index in [0.717, 1.165) is 0 Å². The Morgan fingerprint density at radius 2 is 2.00 bits per heavy atom. The molecule has 13 heteroatoms. The van der Waals surface area contributed by atoms with Gasteiger partial charge in [-0.25, -0.2) is 9.48 Å². The molecule has 0 fully saturated rings. The molecule has 0 bridgehead atoms. The third kappa shape index (κ3) is 5.87. The van der Waals surface area contributed by atoms with Crippen molar-refractivity contribution in [1.29, 1.82) is 0 Å². The molecule has 0 amide bonds. The summed E-state index contributed by atoms with van der Waals surface area (Å²) >= 11 is 12.8. The average molecular weight is 525 g/mol. The summed E-state index contributed by atoms with van der Waals surface area (Å²) < 4.78 is 17.7. The monoisotopic (exact) mass is 524 g/mol. The molecule has 0 radical (unpaired) electrons. The standard InChI is InChI=1S/C22H26Cl2N6O5/c1-4-35-22(32)19-15(10-34-11-16-27-28-29-30(16)9-8-25)26-12(2)17(21(31)33-3)18(19)13-6-5-7-14(23)20(13)24/h5-7,17-18H,4,8-11,25H2,1-3H3. The minimum atomic E-state index is -0.920. The number of carbonyl (C=O) groups excluding carboxylic acids is 2. The van der Waals surface area contributed by atoms with Crippen LogP contribution in [0.4, 0.5) is 0 Å². The SMILES string of the molecule is CCOC(=O)C1=C(COCc2nnnn2CCN)N=C(C)C(C(=O)OC)C1c1cccc(Cl)c1Cl. The molecule has 0 spiro atoms. The molecule has 11 nitrogen and oxygen atoms in total. The lowest BCUT2D eigenvalue weighted by atomic mass is 9.75. The van der Waals surface area contributed by atoms with Gasteiger partial charge in [-0.2, -0.15) is 0 Å². The second-order valence-corrected chi connectivity index (χ2v) is 8.34. The Morgan fingerprint density at radius 3 is 2.69 bits per heavy atom. The van der Waals surface area contributed by atoms with E-state index in [0.29, 0.717) is 35.9 Å². The van der Waals surface area contributed by atoms with Gasteiger partial charge in [0.05, 0.1) is 48.2 Å². The maximum absolute atomic E-state index is 13.2. The minimum Gasteiger partial charge on any atom is -0.468 e. The zero-order chi connectivity index (χ0) is 25.5. The number of ether oxygens (including phenoxy) is 3. The second kappa shape index (κ2) is 12.2. The van der Waals surface area contributed by atoms with Gasteiger partial charge in [0, 0.05) is 18.2 Å². The fourth-order valence-corrected chi connectivity index (χ4v) is 4.31. The van der Waals surface area contributed by atoms with Crippen LogP contribution in [0.15, 0.2) is 34.5 Å². The van der Waals surface area contributed by atoms with Gasteiger partial charge in [-0.1, -0.05) is 35.3 Å². The van der Waals surface area contributed by atoms with Gasteiger partial charge in [0.15, 0.2) is 5.82 Å². The molecule has 188 valence electrons. The Balaban J connectivity index is 2.06. The van der Waals surface area contributed by atoms with Crippen molar-refractivity contribution in [3.8, 4) is 0 Å². The Morgan fingerprint density at radius 1 is 1.23 bits per heavy atom. The lowest BCUT2D eigenvalue weighted by Crippen LogP contribution is -2.37. The van der Waals surface area contributed by atoms with E-state index < -0.39 is 23.8 Å². The van der Waals surface area contributed by atoms with Crippen molar-refractivity contribution in [2.45, 2.75) is 32.9 Å². The summed E-state index contributed by atoms with van der Waals surface area (Å²) in [6, 6.07) is 5.01. The van der Waals surface area contributed by atoms with E-state index in [-0.39, 0.29) is 35.4 Å². The molecule has 1 aromatic heterocycles. The van der Waals surface area contributed by atoms with Crippen LogP contribution in [0, 0.1) is 5.92 Å². The largest absolute Gasteiger partial charge is 0.468 e. The maximum Gasteiger partial charge on any atom is 0.336 e. The van der Waals surface area contributed by atoms with Crippen LogP contribution in [0.2, 0.25) is 10.0 Å². The first-order chi connectivity index (χ1) is 16.8. The number of aromatic nitrogens is 4. The molecule has 0 saturated heterocycles. The molecular formula is C22H26Cl2N6O5. The van der Waals surface area contributed by atoms with Crippen molar-refractivity contribution < 1.29 is 23.8 Å². The van der Waals surface area contributed by atoms with Crippen LogP contribution in [0.1, 0.15) is 31.2 Å². The number of esters is 2. The number of methoxy groups -OCH3 is 1. The summed E-state index contributed by atoms with van der Waals surface area (Å²) in [6.45, 7) is 4.23. The highest BCUT2D eigenvalue weighted by atomic mass is 35.5. The number of nitrogens with zero attached hydrogens (tertiary/aromatic N) is 5. The van der Waals surface area contributed by atoms with Crippen molar-refractivity contribution in [3.05, 3.63) is 50.9 Å². The van der Waals surface area contributed by atoms with Crippen LogP contribution in [0.5, 0.6) is 0 Å². The zero-order valence-corrected chi connectivity index (χ0v) is 21.0. The van der Waals surface area contributed by atoms with Gasteiger partial charge in [0.2, 0.25) is 0 Å². The smallest absolute Gasteiger partial charge is 0.336 e. The van der Waals surface area contributed by atoms with E-state index in [1.807, 2.05) is 0 Å². The van der Waals surface area contributed by atoms with Crippen molar-refractivity contribution in [2.24, 2.45) is 16.6 Å². The normalized spacial score (nSPS) is 17.8. The lowest BCUT2D eigenvalue weighted by Gasteiger charge is -2.32. The fraction of sp³-hybridized carbons (Fsp3) is 0.455. The molecule has 1 aliphatic heterocycles. The van der Waals surface area contributed by atoms with E-state index in [9.17, 15) is 9.59 Å². The summed E-state index contributed by atoms with van der Waals surface area (Å²) in [6.07, 6.45) is 0. The topological polar surface area (TPSA) is 144 Å². The number of aliphatic imine (C=N–C) groups is 1. The van der Waals surface area contributed by atoms with Crippen LogP contribution < -0.4 is 5.73 Å². The van der Waals surface area contributed by atoms with Gasteiger partial charge in [-0.05, 0) is 35.9 Å². The predicted octanol–water partition coefficient (Wildman–Crippen LogP) is 2.32. The summed E-state index contributed by atoms with van der Waals surface area (Å²) in [5.74, 6) is -2.53. The summed E-state index contributed by atoms with van der Waals surface area (Å²) in [7, 11) is 1.27. The lowest BCUT2D eigenvalue weighted by molar-refractivity contribution is -0.144. The molecule has 1 aliphatic rings. The third-order valence-corrected chi connectivity index (χ3v) is 6.23. The molecule has 35 heavy (non-hydrogen) atoms. The molecule has 2 heterocycles. The fourth-order valence-electron chi connectivity index (χ4n) is 3.88. The predicted molar refractivity (Wildman–Crippen MR) is 128 cm³/mol. The Kier molecular flexibility index (Phi) is 9.33. The van der Waals surface area contributed by atoms with Gasteiger partial charge in [0.1, 0.15) is 12.5 Å². The van der Waals surface area contributed by atoms with Gasteiger partial charge >= 0.3 is 11.9 Å². The Hall–Kier alpha value is -2.86. The highest BCUT2D eigenvalue weighted by molar-refractivity contribution is 6.42. The van der Waals surface area contributed by atoms with Crippen molar-refractivity contribution in [2.75, 3.05) is 26.9 Å². The average Bonchev–Trinajstić information content (AvgIpc) is 3.27. The van der Waals surface area contributed by atoms with Gasteiger partial charge in [-0.15, -0.1) is 5.10 Å². The van der Waals surface area contributed by atoms with Crippen molar-refractivity contribution in [3.63, 3.8) is 0 Å². The van der Waals surface area contributed by atoms with E-state index >= 15 is 0 Å². The molecule has 2 N–H and O–H groups in total. The molecule has 0 saturated carbocycles. The van der Waals surface area contributed by atoms with Gasteiger partial charge < -0.3 is 19.9 Å². The molecule has 2 unspecified atom stereocenters. The van der Waals surface area contributed by atoms with Crippen LogP contribution in [0.3, 0.4) is 0 Å². The first-order valence-corrected chi connectivity index (χ1v) is 11.6. The Bertz CT molecular complexity index is 1150. The van der Waals surface area contributed by atoms with Crippen LogP contribution in [-0.4, -0.2) is 64.7 Å². The third-order valence-electron chi connectivity index (χ3n) is 5.40. The van der Waals surface area contributed by atoms with E-state index in [2.05, 4.69) is 20.5 Å². The van der Waals surface area contributed by atoms with Crippen LogP contribution in [-0.2, 0) is 37.0 Å². The second-order valence-electron chi connectivity index (χ2n) is 7.56.